The lowest BCUT2D eigenvalue weighted by molar-refractivity contribution is -0.387. The number of carboxylic acid groups (broad SMARTS) is 1. The second-order valence-corrected chi connectivity index (χ2v) is 6.92. The van der Waals surface area contributed by atoms with E-state index in [0.717, 1.165) is 11.9 Å². The number of nitro benzene ring substituents is 1. The number of carboxylic acids is 1. The number of amides is 2. The molecule has 0 unspecified atom stereocenters. The maximum atomic E-state index is 12.6. The van der Waals surface area contributed by atoms with Crippen molar-refractivity contribution in [3.05, 3.63) is 64.2 Å². The molecule has 12 heteroatoms. The standard InChI is InChI=1S/C18H18N4O7S/c19-15(24)9-12(21-30-14-4-2-1-3-13(14)22(28)29)17(25)20-16(18(26)27)10-5-7-11(23)8-6-10/h1-8,12,16,21,23H,9H2,(H2,19,24)(H,20,25)(H,26,27)/t12-,16-/m1/s1. The van der Waals surface area contributed by atoms with Crippen LogP contribution in [0.15, 0.2) is 53.4 Å². The molecular formula is C18H18N4O7S. The Labute approximate surface area is 174 Å². The predicted octanol–water partition coefficient (Wildman–Crippen LogP) is 1.08. The van der Waals surface area contributed by atoms with Crippen molar-refractivity contribution in [2.75, 3.05) is 0 Å². The number of phenols is 1. The lowest BCUT2D eigenvalue weighted by Crippen LogP contribution is -2.46. The molecule has 2 aromatic carbocycles. The van der Waals surface area contributed by atoms with Gasteiger partial charge in [0.2, 0.25) is 11.8 Å². The average Bonchev–Trinajstić information content (AvgIpc) is 2.69. The highest BCUT2D eigenvalue weighted by atomic mass is 32.2. The van der Waals surface area contributed by atoms with Gasteiger partial charge in [0.05, 0.1) is 11.3 Å². The van der Waals surface area contributed by atoms with E-state index in [4.69, 9.17) is 5.73 Å². The van der Waals surface area contributed by atoms with Gasteiger partial charge in [-0.15, -0.1) is 0 Å². The van der Waals surface area contributed by atoms with Crippen LogP contribution in [0.1, 0.15) is 18.0 Å². The van der Waals surface area contributed by atoms with Crippen LogP contribution in [-0.2, 0) is 14.4 Å². The Morgan fingerprint density at radius 3 is 2.33 bits per heavy atom. The summed E-state index contributed by atoms with van der Waals surface area (Å²) in [4.78, 5) is 46.3. The number of nitrogens with two attached hydrogens (primary N) is 1. The molecular weight excluding hydrogens is 416 g/mol. The number of aromatic hydroxyl groups is 1. The summed E-state index contributed by atoms with van der Waals surface area (Å²) in [6.07, 6.45) is -0.471. The molecule has 2 amide bonds. The lowest BCUT2D eigenvalue weighted by Gasteiger charge is -2.20. The third-order valence-electron chi connectivity index (χ3n) is 3.85. The first-order chi connectivity index (χ1) is 14.2. The molecule has 0 saturated carbocycles. The number of nitrogens with one attached hydrogen (secondary N) is 2. The number of para-hydroxylation sites is 1. The van der Waals surface area contributed by atoms with Gasteiger partial charge >= 0.3 is 5.97 Å². The minimum absolute atomic E-state index is 0.0802. The second-order valence-electron chi connectivity index (χ2n) is 6.04. The molecule has 0 aromatic heterocycles. The fraction of sp³-hybridized carbons (Fsp3) is 0.167. The van der Waals surface area contributed by atoms with Crippen molar-refractivity contribution in [2.45, 2.75) is 23.4 Å². The fourth-order valence-electron chi connectivity index (χ4n) is 2.42. The third kappa shape index (κ3) is 6.18. The largest absolute Gasteiger partial charge is 0.508 e. The number of hydrogen-bond donors (Lipinski definition) is 5. The van der Waals surface area contributed by atoms with Crippen LogP contribution in [0, 0.1) is 10.1 Å². The first kappa shape index (κ1) is 22.6. The fourth-order valence-corrected chi connectivity index (χ4v) is 3.27. The van der Waals surface area contributed by atoms with E-state index in [1.54, 1.807) is 6.07 Å². The summed E-state index contributed by atoms with van der Waals surface area (Å²) < 4.78 is 2.63. The molecule has 158 valence electrons. The van der Waals surface area contributed by atoms with Crippen molar-refractivity contribution in [3.8, 4) is 5.75 Å². The first-order valence-electron chi connectivity index (χ1n) is 8.45. The van der Waals surface area contributed by atoms with E-state index in [2.05, 4.69) is 10.0 Å². The molecule has 11 nitrogen and oxygen atoms in total. The van der Waals surface area contributed by atoms with Crippen LogP contribution in [-0.4, -0.2) is 39.0 Å². The summed E-state index contributed by atoms with van der Waals surface area (Å²) >= 11 is 0.746. The van der Waals surface area contributed by atoms with Crippen LogP contribution in [0.2, 0.25) is 0 Å². The van der Waals surface area contributed by atoms with Crippen LogP contribution in [0.5, 0.6) is 5.75 Å². The van der Waals surface area contributed by atoms with Gasteiger partial charge in [-0.1, -0.05) is 24.3 Å². The molecule has 0 aliphatic heterocycles. The average molecular weight is 434 g/mol. The highest BCUT2D eigenvalue weighted by molar-refractivity contribution is 7.97. The Morgan fingerprint density at radius 2 is 1.77 bits per heavy atom. The number of primary amides is 1. The van der Waals surface area contributed by atoms with Gasteiger partial charge in [0.15, 0.2) is 6.04 Å². The number of nitro groups is 1. The molecule has 0 heterocycles. The van der Waals surface area contributed by atoms with E-state index in [9.17, 15) is 34.7 Å². The van der Waals surface area contributed by atoms with E-state index in [1.165, 1.54) is 42.5 Å². The monoisotopic (exact) mass is 434 g/mol. The van der Waals surface area contributed by atoms with Crippen LogP contribution < -0.4 is 15.8 Å². The molecule has 2 rings (SSSR count). The van der Waals surface area contributed by atoms with Crippen molar-refractivity contribution in [1.82, 2.24) is 10.0 Å². The topological polar surface area (TPSA) is 185 Å². The van der Waals surface area contributed by atoms with Crippen molar-refractivity contribution >= 4 is 35.4 Å². The summed E-state index contributed by atoms with van der Waals surface area (Å²) in [6.45, 7) is 0. The summed E-state index contributed by atoms with van der Waals surface area (Å²) in [7, 11) is 0. The summed E-state index contributed by atoms with van der Waals surface area (Å²) in [5, 5.41) is 32.2. The zero-order valence-electron chi connectivity index (χ0n) is 15.3. The number of benzene rings is 2. The van der Waals surface area contributed by atoms with Gasteiger partial charge in [0.25, 0.3) is 5.69 Å². The summed E-state index contributed by atoms with van der Waals surface area (Å²) in [5.74, 6) is -3.12. The molecule has 0 bridgehead atoms. The van der Waals surface area contributed by atoms with Crippen molar-refractivity contribution < 1.29 is 29.5 Å². The SMILES string of the molecule is NC(=O)C[C@@H](NSc1ccccc1[N+](=O)[O-])C(=O)N[C@@H](C(=O)O)c1ccc(O)cc1. The summed E-state index contributed by atoms with van der Waals surface area (Å²) in [6, 6.07) is 8.24. The Balaban J connectivity index is 2.18. The number of carbonyl (C=O) groups excluding carboxylic acids is 2. The molecule has 30 heavy (non-hydrogen) atoms. The number of aliphatic carboxylic acids is 1. The summed E-state index contributed by atoms with van der Waals surface area (Å²) in [5.41, 5.74) is 5.16. The molecule has 6 N–H and O–H groups in total. The van der Waals surface area contributed by atoms with Crippen LogP contribution in [0.3, 0.4) is 0 Å². The van der Waals surface area contributed by atoms with Crippen molar-refractivity contribution in [1.29, 1.82) is 0 Å². The molecule has 0 saturated heterocycles. The predicted molar refractivity (Wildman–Crippen MR) is 106 cm³/mol. The Hall–Kier alpha value is -3.64. The number of hydrogen-bond acceptors (Lipinski definition) is 8. The van der Waals surface area contributed by atoms with Crippen molar-refractivity contribution in [2.24, 2.45) is 5.73 Å². The smallest absolute Gasteiger partial charge is 0.330 e. The normalized spacial score (nSPS) is 12.5. The highest BCUT2D eigenvalue weighted by Crippen LogP contribution is 2.27. The molecule has 0 aliphatic rings. The van der Waals surface area contributed by atoms with Gasteiger partial charge in [-0.3, -0.25) is 19.7 Å². The maximum absolute atomic E-state index is 12.6. The van der Waals surface area contributed by atoms with Gasteiger partial charge in [0, 0.05) is 6.07 Å². The van der Waals surface area contributed by atoms with Gasteiger partial charge in [-0.25, -0.2) is 9.52 Å². The van der Waals surface area contributed by atoms with E-state index < -0.39 is 41.2 Å². The van der Waals surface area contributed by atoms with Crippen LogP contribution in [0.4, 0.5) is 5.69 Å². The lowest BCUT2D eigenvalue weighted by atomic mass is 10.1. The third-order valence-corrected chi connectivity index (χ3v) is 4.82. The molecule has 2 atom stereocenters. The Kier molecular flexibility index (Phi) is 7.72. The van der Waals surface area contributed by atoms with Crippen molar-refractivity contribution in [3.63, 3.8) is 0 Å². The maximum Gasteiger partial charge on any atom is 0.330 e. The molecule has 0 fully saturated rings. The molecule has 0 radical (unpaired) electrons. The number of rotatable bonds is 10. The van der Waals surface area contributed by atoms with Crippen LogP contribution >= 0.6 is 11.9 Å². The zero-order valence-corrected chi connectivity index (χ0v) is 16.2. The Morgan fingerprint density at radius 1 is 1.13 bits per heavy atom. The van der Waals surface area contributed by atoms with Gasteiger partial charge < -0.3 is 21.3 Å². The van der Waals surface area contributed by atoms with Gasteiger partial charge in [-0.2, -0.15) is 0 Å². The minimum Gasteiger partial charge on any atom is -0.508 e. The Bertz CT molecular complexity index is 952. The quantitative estimate of drug-likeness (QED) is 0.207. The van der Waals surface area contributed by atoms with E-state index in [1.807, 2.05) is 0 Å². The highest BCUT2D eigenvalue weighted by Gasteiger charge is 2.28. The number of phenolic OH excluding ortho intramolecular Hbond substituents is 1. The van der Waals surface area contributed by atoms with Gasteiger partial charge in [0.1, 0.15) is 16.7 Å². The minimum atomic E-state index is -1.45. The molecule has 0 spiro atoms. The first-order valence-corrected chi connectivity index (χ1v) is 9.27. The van der Waals surface area contributed by atoms with Gasteiger partial charge in [-0.05, 0) is 35.7 Å². The van der Waals surface area contributed by atoms with E-state index in [-0.39, 0.29) is 21.9 Å². The number of nitrogens with zero attached hydrogens (tertiary/aromatic N) is 1. The zero-order chi connectivity index (χ0) is 22.3. The number of carbonyl (C=O) groups is 3. The van der Waals surface area contributed by atoms with E-state index >= 15 is 0 Å². The second kappa shape index (κ2) is 10.2. The van der Waals surface area contributed by atoms with Crippen LogP contribution in [0.25, 0.3) is 0 Å². The molecule has 2 aromatic rings. The van der Waals surface area contributed by atoms with E-state index in [0.29, 0.717) is 0 Å². The molecule has 0 aliphatic carbocycles.